The molecule has 6 nitrogen and oxygen atoms in total. The Labute approximate surface area is 129 Å². The third-order valence-corrected chi connectivity index (χ3v) is 3.36. The number of ether oxygens (including phenoxy) is 1. The first-order chi connectivity index (χ1) is 10.6. The fourth-order valence-electron chi connectivity index (χ4n) is 2.05. The van der Waals surface area contributed by atoms with Gasteiger partial charge in [-0.15, -0.1) is 0 Å². The van der Waals surface area contributed by atoms with Crippen LogP contribution >= 0.6 is 0 Å². The average molecular weight is 300 g/mol. The zero-order chi connectivity index (χ0) is 15.9. The van der Waals surface area contributed by atoms with Gasteiger partial charge in [0.05, 0.1) is 25.9 Å². The fourth-order valence-corrected chi connectivity index (χ4v) is 2.05. The van der Waals surface area contributed by atoms with Gasteiger partial charge in [0.15, 0.2) is 0 Å². The van der Waals surface area contributed by atoms with Crippen molar-refractivity contribution in [2.45, 2.75) is 26.8 Å². The van der Waals surface area contributed by atoms with Gasteiger partial charge in [-0.25, -0.2) is 5.43 Å². The lowest BCUT2D eigenvalue weighted by atomic mass is 10.1. The standard InChI is InChI=1S/C16H20N4O2/c1-4-20-12(2)14(11-18-20)10-17-19-16(21)9-13-5-7-15(22-3)8-6-13/h5-8,10-11H,4,9H2,1-3H3,(H,19,21)/b17-10+. The molecular formula is C16H20N4O2. The summed E-state index contributed by atoms with van der Waals surface area (Å²) < 4.78 is 6.95. The molecule has 0 saturated carbocycles. The highest BCUT2D eigenvalue weighted by Crippen LogP contribution is 2.11. The Morgan fingerprint density at radius 1 is 1.41 bits per heavy atom. The minimum atomic E-state index is -0.165. The van der Waals surface area contributed by atoms with Gasteiger partial charge in [0.2, 0.25) is 5.91 Å². The maximum Gasteiger partial charge on any atom is 0.244 e. The van der Waals surface area contributed by atoms with Crippen LogP contribution in [0.3, 0.4) is 0 Å². The van der Waals surface area contributed by atoms with Gasteiger partial charge in [0.25, 0.3) is 0 Å². The first-order valence-electron chi connectivity index (χ1n) is 7.11. The summed E-state index contributed by atoms with van der Waals surface area (Å²) in [7, 11) is 1.61. The molecule has 6 heteroatoms. The van der Waals surface area contributed by atoms with Crippen LogP contribution < -0.4 is 10.2 Å². The summed E-state index contributed by atoms with van der Waals surface area (Å²) in [6, 6.07) is 7.37. The molecule has 22 heavy (non-hydrogen) atoms. The highest BCUT2D eigenvalue weighted by molar-refractivity contribution is 5.83. The normalized spacial score (nSPS) is 10.9. The van der Waals surface area contributed by atoms with E-state index in [2.05, 4.69) is 15.6 Å². The summed E-state index contributed by atoms with van der Waals surface area (Å²) in [5.41, 5.74) is 5.35. The van der Waals surface area contributed by atoms with E-state index in [0.29, 0.717) is 0 Å². The Kier molecular flexibility index (Phi) is 5.30. The lowest BCUT2D eigenvalue weighted by Crippen LogP contribution is -2.19. The second-order valence-corrected chi connectivity index (χ2v) is 4.82. The van der Waals surface area contributed by atoms with Crippen LogP contribution in [-0.4, -0.2) is 29.0 Å². The first-order valence-corrected chi connectivity index (χ1v) is 7.11. The summed E-state index contributed by atoms with van der Waals surface area (Å²) in [5, 5.41) is 8.19. The lowest BCUT2D eigenvalue weighted by Gasteiger charge is -2.02. The van der Waals surface area contributed by atoms with Crippen molar-refractivity contribution in [2.24, 2.45) is 5.10 Å². The maximum atomic E-state index is 11.8. The number of carbonyl (C=O) groups excluding carboxylic acids is 1. The number of benzene rings is 1. The fraction of sp³-hybridized carbons (Fsp3) is 0.312. The van der Waals surface area contributed by atoms with E-state index in [-0.39, 0.29) is 12.3 Å². The predicted octanol–water partition coefficient (Wildman–Crippen LogP) is 1.91. The van der Waals surface area contributed by atoms with E-state index in [1.165, 1.54) is 0 Å². The SMILES string of the molecule is CCn1ncc(/C=N/NC(=O)Cc2ccc(OC)cc2)c1C. The summed E-state index contributed by atoms with van der Waals surface area (Å²) in [4.78, 5) is 11.8. The van der Waals surface area contributed by atoms with Crippen molar-refractivity contribution >= 4 is 12.1 Å². The van der Waals surface area contributed by atoms with Gasteiger partial charge < -0.3 is 4.74 Å². The van der Waals surface area contributed by atoms with Crippen LogP contribution in [0.1, 0.15) is 23.7 Å². The van der Waals surface area contributed by atoms with Crippen molar-refractivity contribution in [2.75, 3.05) is 7.11 Å². The molecule has 0 atom stereocenters. The van der Waals surface area contributed by atoms with Crippen LogP contribution in [0.2, 0.25) is 0 Å². The topological polar surface area (TPSA) is 68.5 Å². The lowest BCUT2D eigenvalue weighted by molar-refractivity contribution is -0.120. The first kappa shape index (κ1) is 15.8. The molecule has 2 aromatic rings. The second kappa shape index (κ2) is 7.40. The largest absolute Gasteiger partial charge is 0.497 e. The van der Waals surface area contributed by atoms with Crippen molar-refractivity contribution in [1.29, 1.82) is 0 Å². The van der Waals surface area contributed by atoms with E-state index < -0.39 is 0 Å². The maximum absolute atomic E-state index is 11.8. The number of amides is 1. The number of aryl methyl sites for hydroxylation is 1. The van der Waals surface area contributed by atoms with Gasteiger partial charge in [0, 0.05) is 17.8 Å². The highest BCUT2D eigenvalue weighted by Gasteiger charge is 2.04. The smallest absolute Gasteiger partial charge is 0.244 e. The van der Waals surface area contributed by atoms with E-state index in [0.717, 1.165) is 29.1 Å². The van der Waals surface area contributed by atoms with Gasteiger partial charge in [-0.05, 0) is 31.5 Å². The molecular weight excluding hydrogens is 280 g/mol. The molecule has 1 heterocycles. The van der Waals surface area contributed by atoms with Crippen molar-refractivity contribution < 1.29 is 9.53 Å². The minimum absolute atomic E-state index is 0.165. The molecule has 1 N–H and O–H groups in total. The van der Waals surface area contributed by atoms with Gasteiger partial charge in [-0.1, -0.05) is 12.1 Å². The molecule has 0 bridgehead atoms. The Morgan fingerprint density at radius 2 is 2.14 bits per heavy atom. The van der Waals surface area contributed by atoms with E-state index in [1.54, 1.807) is 19.5 Å². The van der Waals surface area contributed by atoms with Crippen LogP contribution in [0.4, 0.5) is 0 Å². The van der Waals surface area contributed by atoms with Gasteiger partial charge >= 0.3 is 0 Å². The summed E-state index contributed by atoms with van der Waals surface area (Å²) in [5.74, 6) is 0.604. The number of hydrogen-bond donors (Lipinski definition) is 1. The number of hydrazone groups is 1. The van der Waals surface area contributed by atoms with E-state index in [9.17, 15) is 4.79 Å². The molecule has 0 saturated heterocycles. The molecule has 2 rings (SSSR count). The number of nitrogens with one attached hydrogen (secondary N) is 1. The van der Waals surface area contributed by atoms with E-state index in [4.69, 9.17) is 4.74 Å². The molecule has 0 aliphatic heterocycles. The van der Waals surface area contributed by atoms with Gasteiger partial charge in [-0.3, -0.25) is 9.48 Å². The molecule has 1 aromatic carbocycles. The van der Waals surface area contributed by atoms with Crippen molar-refractivity contribution in [3.63, 3.8) is 0 Å². The molecule has 0 aliphatic rings. The van der Waals surface area contributed by atoms with Gasteiger partial charge in [0.1, 0.15) is 5.75 Å². The molecule has 116 valence electrons. The molecule has 0 spiro atoms. The molecule has 1 aromatic heterocycles. The van der Waals surface area contributed by atoms with Crippen LogP contribution in [0.25, 0.3) is 0 Å². The summed E-state index contributed by atoms with van der Waals surface area (Å²) in [6.45, 7) is 4.80. The zero-order valence-electron chi connectivity index (χ0n) is 13.0. The number of aromatic nitrogens is 2. The summed E-state index contributed by atoms with van der Waals surface area (Å²) >= 11 is 0. The van der Waals surface area contributed by atoms with Crippen LogP contribution in [-0.2, 0) is 17.8 Å². The van der Waals surface area contributed by atoms with E-state index in [1.807, 2.05) is 42.8 Å². The van der Waals surface area contributed by atoms with Gasteiger partial charge in [-0.2, -0.15) is 10.2 Å². The average Bonchev–Trinajstić information content (AvgIpc) is 2.88. The highest BCUT2D eigenvalue weighted by atomic mass is 16.5. The Hall–Kier alpha value is -2.63. The van der Waals surface area contributed by atoms with Crippen LogP contribution in [0.15, 0.2) is 35.6 Å². The monoisotopic (exact) mass is 300 g/mol. The number of nitrogens with zero attached hydrogens (tertiary/aromatic N) is 3. The second-order valence-electron chi connectivity index (χ2n) is 4.82. The molecule has 0 fully saturated rings. The van der Waals surface area contributed by atoms with Crippen molar-refractivity contribution in [3.8, 4) is 5.75 Å². The number of carbonyl (C=O) groups is 1. The Balaban J connectivity index is 1.88. The Morgan fingerprint density at radius 3 is 2.73 bits per heavy atom. The number of hydrogen-bond acceptors (Lipinski definition) is 4. The quantitative estimate of drug-likeness (QED) is 0.654. The third-order valence-electron chi connectivity index (χ3n) is 3.36. The zero-order valence-corrected chi connectivity index (χ0v) is 13.0. The Bertz CT molecular complexity index is 659. The molecule has 0 unspecified atom stereocenters. The number of methoxy groups -OCH3 is 1. The molecule has 0 radical (unpaired) electrons. The minimum Gasteiger partial charge on any atom is -0.497 e. The van der Waals surface area contributed by atoms with E-state index >= 15 is 0 Å². The number of rotatable bonds is 6. The summed E-state index contributed by atoms with van der Waals surface area (Å²) in [6.07, 6.45) is 3.62. The molecule has 1 amide bonds. The van der Waals surface area contributed by atoms with Crippen molar-refractivity contribution in [1.82, 2.24) is 15.2 Å². The van der Waals surface area contributed by atoms with Crippen molar-refractivity contribution in [3.05, 3.63) is 47.3 Å². The van der Waals surface area contributed by atoms with Crippen LogP contribution in [0, 0.1) is 6.92 Å². The molecule has 0 aliphatic carbocycles. The third kappa shape index (κ3) is 3.94. The van der Waals surface area contributed by atoms with Crippen LogP contribution in [0.5, 0.6) is 5.75 Å². The predicted molar refractivity (Wildman–Crippen MR) is 85.1 cm³/mol.